The number of thiazole rings is 1. The zero-order chi connectivity index (χ0) is 19.3. The number of ether oxygens (including phenoxy) is 2. The number of carbonyl (C=O) groups is 1. The Hall–Kier alpha value is -3.38. The van der Waals surface area contributed by atoms with Crippen molar-refractivity contribution >= 4 is 33.1 Å². The van der Waals surface area contributed by atoms with Crippen LogP contribution >= 0.6 is 11.3 Å². The molecule has 0 aliphatic rings. The molecular formula is C22H18N2O3S. The van der Waals surface area contributed by atoms with Gasteiger partial charge in [-0.1, -0.05) is 24.3 Å². The lowest BCUT2D eigenvalue weighted by Gasteiger charge is -2.10. The molecule has 140 valence electrons. The van der Waals surface area contributed by atoms with Crippen molar-refractivity contribution in [3.8, 4) is 22.1 Å². The van der Waals surface area contributed by atoms with Crippen LogP contribution in [0, 0.1) is 0 Å². The molecule has 0 aliphatic carbocycles. The van der Waals surface area contributed by atoms with Gasteiger partial charge in [-0.05, 0) is 48.5 Å². The van der Waals surface area contributed by atoms with E-state index in [-0.39, 0.29) is 12.5 Å². The van der Waals surface area contributed by atoms with Gasteiger partial charge in [0.15, 0.2) is 6.61 Å². The maximum atomic E-state index is 12.4. The fourth-order valence-corrected chi connectivity index (χ4v) is 3.78. The highest BCUT2D eigenvalue weighted by Crippen LogP contribution is 2.34. The van der Waals surface area contributed by atoms with E-state index in [0.717, 1.165) is 26.5 Å². The standard InChI is InChI=1S/C22H18N2O3S/c1-26-15-10-12-16(13-11-15)27-14-21(25)23-18-7-3-2-6-17(18)22-24-19-8-4-5-9-20(19)28-22/h2-13H,14H2,1H3,(H,23,25). The number of amides is 1. The molecule has 3 aromatic carbocycles. The topological polar surface area (TPSA) is 60.5 Å². The summed E-state index contributed by atoms with van der Waals surface area (Å²) in [5.74, 6) is 1.11. The molecule has 4 aromatic rings. The first-order valence-electron chi connectivity index (χ1n) is 8.74. The van der Waals surface area contributed by atoms with Crippen LogP contribution in [0.3, 0.4) is 0 Å². The van der Waals surface area contributed by atoms with E-state index in [4.69, 9.17) is 9.47 Å². The number of rotatable bonds is 6. The molecule has 1 amide bonds. The smallest absolute Gasteiger partial charge is 0.262 e. The minimum Gasteiger partial charge on any atom is -0.497 e. The fraction of sp³-hybridized carbons (Fsp3) is 0.0909. The number of hydrogen-bond acceptors (Lipinski definition) is 5. The molecule has 1 heterocycles. The molecule has 4 rings (SSSR count). The maximum Gasteiger partial charge on any atom is 0.262 e. The summed E-state index contributed by atoms with van der Waals surface area (Å²) < 4.78 is 11.8. The summed E-state index contributed by atoms with van der Waals surface area (Å²) in [6.07, 6.45) is 0. The number of anilines is 1. The van der Waals surface area contributed by atoms with Crippen LogP contribution in [-0.2, 0) is 4.79 Å². The Kier molecular flexibility index (Phi) is 5.21. The third-order valence-electron chi connectivity index (χ3n) is 4.15. The van der Waals surface area contributed by atoms with Crippen molar-refractivity contribution in [1.82, 2.24) is 4.98 Å². The maximum absolute atomic E-state index is 12.4. The van der Waals surface area contributed by atoms with E-state index in [1.54, 1.807) is 42.7 Å². The van der Waals surface area contributed by atoms with Gasteiger partial charge >= 0.3 is 0 Å². The van der Waals surface area contributed by atoms with Gasteiger partial charge in [-0.15, -0.1) is 11.3 Å². The van der Waals surface area contributed by atoms with E-state index >= 15 is 0 Å². The summed E-state index contributed by atoms with van der Waals surface area (Å²) in [6, 6.07) is 22.7. The van der Waals surface area contributed by atoms with Crippen molar-refractivity contribution < 1.29 is 14.3 Å². The van der Waals surface area contributed by atoms with Crippen molar-refractivity contribution in [3.63, 3.8) is 0 Å². The van der Waals surface area contributed by atoms with Crippen LogP contribution in [0.15, 0.2) is 72.8 Å². The molecule has 6 heteroatoms. The van der Waals surface area contributed by atoms with Gasteiger partial charge in [-0.2, -0.15) is 0 Å². The molecule has 0 radical (unpaired) electrons. The lowest BCUT2D eigenvalue weighted by molar-refractivity contribution is -0.118. The largest absolute Gasteiger partial charge is 0.497 e. The highest BCUT2D eigenvalue weighted by atomic mass is 32.1. The molecule has 0 aliphatic heterocycles. The van der Waals surface area contributed by atoms with Gasteiger partial charge in [0.1, 0.15) is 16.5 Å². The molecule has 1 N–H and O–H groups in total. The average Bonchev–Trinajstić information content (AvgIpc) is 3.17. The number of carbonyl (C=O) groups excluding carboxylic acids is 1. The third kappa shape index (κ3) is 3.97. The summed E-state index contributed by atoms with van der Waals surface area (Å²) in [7, 11) is 1.60. The van der Waals surface area contributed by atoms with Crippen LogP contribution in [0.1, 0.15) is 0 Å². The zero-order valence-electron chi connectivity index (χ0n) is 15.2. The second kappa shape index (κ2) is 8.10. The predicted octanol–water partition coefficient (Wildman–Crippen LogP) is 4.99. The normalized spacial score (nSPS) is 10.6. The summed E-state index contributed by atoms with van der Waals surface area (Å²) in [4.78, 5) is 17.1. The van der Waals surface area contributed by atoms with Crippen molar-refractivity contribution in [1.29, 1.82) is 0 Å². The van der Waals surface area contributed by atoms with Crippen LogP contribution in [0.4, 0.5) is 5.69 Å². The molecule has 28 heavy (non-hydrogen) atoms. The number of methoxy groups -OCH3 is 1. The van der Waals surface area contributed by atoms with Crippen LogP contribution < -0.4 is 14.8 Å². The molecule has 0 bridgehead atoms. The van der Waals surface area contributed by atoms with Crippen LogP contribution in [0.25, 0.3) is 20.8 Å². The zero-order valence-corrected chi connectivity index (χ0v) is 16.0. The molecule has 0 atom stereocenters. The first-order valence-corrected chi connectivity index (χ1v) is 9.56. The van der Waals surface area contributed by atoms with Gasteiger partial charge in [0.2, 0.25) is 0 Å². The number of hydrogen-bond donors (Lipinski definition) is 1. The van der Waals surface area contributed by atoms with E-state index in [9.17, 15) is 4.79 Å². The number of benzene rings is 3. The van der Waals surface area contributed by atoms with E-state index in [1.807, 2.05) is 48.5 Å². The van der Waals surface area contributed by atoms with Gasteiger partial charge in [-0.3, -0.25) is 4.79 Å². The van der Waals surface area contributed by atoms with Crippen LogP contribution in [-0.4, -0.2) is 24.6 Å². The molecule has 1 aromatic heterocycles. The van der Waals surface area contributed by atoms with Crippen LogP contribution in [0.5, 0.6) is 11.5 Å². The van der Waals surface area contributed by atoms with Gasteiger partial charge in [0, 0.05) is 5.56 Å². The lowest BCUT2D eigenvalue weighted by Crippen LogP contribution is -2.20. The monoisotopic (exact) mass is 390 g/mol. The van der Waals surface area contributed by atoms with Crippen molar-refractivity contribution in [2.75, 3.05) is 19.0 Å². The second-order valence-corrected chi connectivity index (χ2v) is 7.08. The third-order valence-corrected chi connectivity index (χ3v) is 5.22. The number of nitrogens with zero attached hydrogens (tertiary/aromatic N) is 1. The Morgan fingerprint density at radius 1 is 0.964 bits per heavy atom. The molecule has 0 saturated carbocycles. The van der Waals surface area contributed by atoms with Crippen molar-refractivity contribution in [2.45, 2.75) is 0 Å². The summed E-state index contributed by atoms with van der Waals surface area (Å²) in [5, 5.41) is 3.79. The molecule has 5 nitrogen and oxygen atoms in total. The van der Waals surface area contributed by atoms with Gasteiger partial charge in [0.05, 0.1) is 23.0 Å². The molecule has 0 spiro atoms. The lowest BCUT2D eigenvalue weighted by atomic mass is 10.2. The van der Waals surface area contributed by atoms with Gasteiger partial charge < -0.3 is 14.8 Å². The Bertz CT molecular complexity index is 1070. The first-order chi connectivity index (χ1) is 13.7. The Morgan fingerprint density at radius 3 is 2.46 bits per heavy atom. The molecule has 0 saturated heterocycles. The minimum absolute atomic E-state index is 0.0828. The van der Waals surface area contributed by atoms with E-state index in [2.05, 4.69) is 10.3 Å². The van der Waals surface area contributed by atoms with Gasteiger partial charge in [0.25, 0.3) is 5.91 Å². The summed E-state index contributed by atoms with van der Waals surface area (Å²) in [6.45, 7) is -0.0828. The predicted molar refractivity (Wildman–Crippen MR) is 112 cm³/mol. The van der Waals surface area contributed by atoms with E-state index in [1.165, 1.54) is 0 Å². The molecular weight excluding hydrogens is 372 g/mol. The summed E-state index contributed by atoms with van der Waals surface area (Å²) in [5.41, 5.74) is 2.55. The summed E-state index contributed by atoms with van der Waals surface area (Å²) >= 11 is 1.60. The number of para-hydroxylation sites is 2. The minimum atomic E-state index is -0.232. The fourth-order valence-electron chi connectivity index (χ4n) is 2.77. The Balaban J connectivity index is 1.47. The second-order valence-electron chi connectivity index (χ2n) is 6.04. The highest BCUT2D eigenvalue weighted by Gasteiger charge is 2.12. The Labute approximate surface area is 166 Å². The highest BCUT2D eigenvalue weighted by molar-refractivity contribution is 7.21. The SMILES string of the molecule is COc1ccc(OCC(=O)Nc2ccccc2-c2nc3ccccc3s2)cc1. The van der Waals surface area contributed by atoms with Crippen LogP contribution in [0.2, 0.25) is 0 Å². The van der Waals surface area contributed by atoms with Gasteiger partial charge in [-0.25, -0.2) is 4.98 Å². The quantitative estimate of drug-likeness (QED) is 0.504. The number of nitrogens with one attached hydrogen (secondary N) is 1. The van der Waals surface area contributed by atoms with Crippen molar-refractivity contribution in [3.05, 3.63) is 72.8 Å². The van der Waals surface area contributed by atoms with E-state index in [0.29, 0.717) is 11.4 Å². The van der Waals surface area contributed by atoms with Crippen molar-refractivity contribution in [2.24, 2.45) is 0 Å². The molecule has 0 unspecified atom stereocenters. The number of aromatic nitrogens is 1. The first kappa shape index (κ1) is 18.0. The average molecular weight is 390 g/mol. The Morgan fingerprint density at radius 2 is 1.68 bits per heavy atom. The number of fused-ring (bicyclic) bond motifs is 1. The van der Waals surface area contributed by atoms with E-state index < -0.39 is 0 Å². The molecule has 0 fully saturated rings.